The Kier molecular flexibility index (Phi) is 7.00. The number of benzene rings is 7. The fraction of sp³-hybridized carbons (Fsp3) is 0.200. The fourth-order valence-electron chi connectivity index (χ4n) is 9.45. The van der Waals surface area contributed by atoms with Gasteiger partial charge in [0.15, 0.2) is 0 Å². The first-order valence-electron chi connectivity index (χ1n) is 18.4. The van der Waals surface area contributed by atoms with Gasteiger partial charge in [-0.3, -0.25) is 0 Å². The van der Waals surface area contributed by atoms with Gasteiger partial charge in [0.1, 0.15) is 0 Å². The standard InChI is InChI=1S/C50H45N/c1-48(2)32-49(3,4)46-31-44-42(30-45(46)48)41-27-26-39(29-43(41)50(44,5)6)51(38-25-24-34-16-10-11-17-37(34)28-38)47-19-13-12-18-40(47)36-22-20-35(21-23-36)33-14-8-7-9-15-33/h7-31H,32H2,1-6H3. The van der Waals surface area contributed by atoms with Crippen LogP contribution in [0.4, 0.5) is 17.1 Å². The van der Waals surface area contributed by atoms with Crippen molar-refractivity contribution in [3.8, 4) is 33.4 Å². The smallest absolute Gasteiger partial charge is 0.0540 e. The van der Waals surface area contributed by atoms with Crippen LogP contribution in [0.3, 0.4) is 0 Å². The molecule has 250 valence electrons. The van der Waals surface area contributed by atoms with Gasteiger partial charge in [-0.25, -0.2) is 0 Å². The Bertz CT molecular complexity index is 2460. The Balaban J connectivity index is 1.21. The maximum absolute atomic E-state index is 2.56. The van der Waals surface area contributed by atoms with Crippen molar-refractivity contribution in [1.82, 2.24) is 0 Å². The first-order valence-corrected chi connectivity index (χ1v) is 18.4. The van der Waals surface area contributed by atoms with Crippen LogP contribution in [-0.4, -0.2) is 0 Å². The lowest BCUT2D eigenvalue weighted by atomic mass is 9.79. The normalized spacial score (nSPS) is 16.0. The van der Waals surface area contributed by atoms with Crippen molar-refractivity contribution in [2.45, 2.75) is 64.2 Å². The van der Waals surface area contributed by atoms with E-state index in [0.717, 1.165) is 11.4 Å². The predicted molar refractivity (Wildman–Crippen MR) is 218 cm³/mol. The zero-order valence-corrected chi connectivity index (χ0v) is 30.6. The van der Waals surface area contributed by atoms with Crippen molar-refractivity contribution < 1.29 is 0 Å². The summed E-state index contributed by atoms with van der Waals surface area (Å²) >= 11 is 0. The minimum Gasteiger partial charge on any atom is -0.310 e. The molecule has 0 spiro atoms. The molecular formula is C50H45N. The van der Waals surface area contributed by atoms with Crippen LogP contribution in [0.2, 0.25) is 0 Å². The van der Waals surface area contributed by atoms with Crippen molar-refractivity contribution in [1.29, 1.82) is 0 Å². The Morgan fingerprint density at radius 3 is 1.73 bits per heavy atom. The van der Waals surface area contributed by atoms with Crippen LogP contribution in [-0.2, 0) is 16.2 Å². The minimum atomic E-state index is -0.125. The second-order valence-corrected chi connectivity index (χ2v) is 16.6. The van der Waals surface area contributed by atoms with Crippen LogP contribution < -0.4 is 4.90 Å². The van der Waals surface area contributed by atoms with Gasteiger partial charge in [0, 0.05) is 22.4 Å². The molecule has 7 aromatic carbocycles. The first kappa shape index (κ1) is 31.6. The molecule has 7 aromatic rings. The summed E-state index contributed by atoms with van der Waals surface area (Å²) < 4.78 is 0. The van der Waals surface area contributed by atoms with E-state index in [1.54, 1.807) is 0 Å². The molecule has 2 aliphatic carbocycles. The summed E-state index contributed by atoms with van der Waals surface area (Å²) in [7, 11) is 0. The highest BCUT2D eigenvalue weighted by molar-refractivity contribution is 5.94. The highest BCUT2D eigenvalue weighted by Crippen LogP contribution is 2.57. The SMILES string of the molecule is CC1(C)CC(C)(C)c2cc3c(cc21)-c1ccc(N(c2ccc4ccccc4c2)c2ccccc2-c2ccc(-c4ccccc4)cc2)cc1C3(C)C. The van der Waals surface area contributed by atoms with Crippen molar-refractivity contribution in [2.75, 3.05) is 4.90 Å². The number of nitrogens with zero attached hydrogens (tertiary/aromatic N) is 1. The minimum absolute atomic E-state index is 0.125. The number of para-hydroxylation sites is 1. The lowest BCUT2D eigenvalue weighted by Gasteiger charge is -2.30. The highest BCUT2D eigenvalue weighted by Gasteiger charge is 2.45. The van der Waals surface area contributed by atoms with Gasteiger partial charge in [0.2, 0.25) is 0 Å². The third-order valence-corrected chi connectivity index (χ3v) is 11.8. The van der Waals surface area contributed by atoms with Crippen LogP contribution >= 0.6 is 0 Å². The molecule has 1 nitrogen and oxygen atoms in total. The van der Waals surface area contributed by atoms with Crippen LogP contribution in [0, 0.1) is 0 Å². The number of rotatable bonds is 5. The van der Waals surface area contributed by atoms with Crippen molar-refractivity contribution in [2.24, 2.45) is 0 Å². The lowest BCUT2D eigenvalue weighted by molar-refractivity contribution is 0.403. The van der Waals surface area contributed by atoms with E-state index in [0.29, 0.717) is 0 Å². The highest BCUT2D eigenvalue weighted by atomic mass is 15.1. The number of hydrogen-bond donors (Lipinski definition) is 0. The Hall–Kier alpha value is -5.40. The predicted octanol–water partition coefficient (Wildman–Crippen LogP) is 13.9. The monoisotopic (exact) mass is 659 g/mol. The Morgan fingerprint density at radius 2 is 0.961 bits per heavy atom. The van der Waals surface area contributed by atoms with Crippen LogP contribution in [0.15, 0.2) is 152 Å². The average molecular weight is 660 g/mol. The van der Waals surface area contributed by atoms with Gasteiger partial charge < -0.3 is 4.90 Å². The number of hydrogen-bond acceptors (Lipinski definition) is 1. The van der Waals surface area contributed by atoms with E-state index in [9.17, 15) is 0 Å². The van der Waals surface area contributed by atoms with Crippen molar-refractivity contribution in [3.63, 3.8) is 0 Å². The zero-order chi connectivity index (χ0) is 35.1. The maximum atomic E-state index is 2.56. The van der Waals surface area contributed by atoms with Gasteiger partial charge in [-0.1, -0.05) is 157 Å². The fourth-order valence-corrected chi connectivity index (χ4v) is 9.45. The molecule has 0 bridgehead atoms. The third kappa shape index (κ3) is 5.05. The Morgan fingerprint density at radius 1 is 0.392 bits per heavy atom. The quantitative estimate of drug-likeness (QED) is 0.178. The molecule has 0 aliphatic heterocycles. The van der Waals surface area contributed by atoms with E-state index in [1.165, 1.54) is 78.5 Å². The van der Waals surface area contributed by atoms with E-state index >= 15 is 0 Å². The molecule has 1 heteroatoms. The summed E-state index contributed by atoms with van der Waals surface area (Å²) in [6.07, 6.45) is 1.18. The van der Waals surface area contributed by atoms with Gasteiger partial charge in [0.25, 0.3) is 0 Å². The van der Waals surface area contributed by atoms with E-state index in [-0.39, 0.29) is 16.2 Å². The molecule has 9 rings (SSSR count). The molecule has 51 heavy (non-hydrogen) atoms. The van der Waals surface area contributed by atoms with Crippen LogP contribution in [0.25, 0.3) is 44.2 Å². The maximum Gasteiger partial charge on any atom is 0.0540 e. The second kappa shape index (κ2) is 11.3. The molecule has 0 amide bonds. The molecule has 0 fully saturated rings. The summed E-state index contributed by atoms with van der Waals surface area (Å²) in [4.78, 5) is 2.47. The summed E-state index contributed by atoms with van der Waals surface area (Å²) in [6.45, 7) is 14.5. The van der Waals surface area contributed by atoms with E-state index in [1.807, 2.05) is 0 Å². The topological polar surface area (TPSA) is 3.24 Å². The first-order chi connectivity index (χ1) is 24.5. The average Bonchev–Trinajstić information content (AvgIpc) is 3.48. The second-order valence-electron chi connectivity index (χ2n) is 16.6. The number of anilines is 3. The molecule has 0 atom stereocenters. The van der Waals surface area contributed by atoms with Gasteiger partial charge in [-0.2, -0.15) is 0 Å². The summed E-state index contributed by atoms with van der Waals surface area (Å²) in [6, 6.07) is 56.4. The molecular weight excluding hydrogens is 615 g/mol. The van der Waals surface area contributed by atoms with Crippen LogP contribution in [0.5, 0.6) is 0 Å². The van der Waals surface area contributed by atoms with E-state index in [2.05, 4.69) is 198 Å². The van der Waals surface area contributed by atoms with Gasteiger partial charge >= 0.3 is 0 Å². The third-order valence-electron chi connectivity index (χ3n) is 11.8. The van der Waals surface area contributed by atoms with Gasteiger partial charge in [-0.05, 0) is 114 Å². The van der Waals surface area contributed by atoms with E-state index < -0.39 is 0 Å². The molecule has 0 N–H and O–H groups in total. The molecule has 0 radical (unpaired) electrons. The van der Waals surface area contributed by atoms with Gasteiger partial charge in [-0.15, -0.1) is 0 Å². The summed E-state index contributed by atoms with van der Waals surface area (Å²) in [5.74, 6) is 0. The number of fused-ring (bicyclic) bond motifs is 5. The molecule has 0 saturated carbocycles. The summed E-state index contributed by atoms with van der Waals surface area (Å²) in [5, 5.41) is 2.48. The zero-order valence-electron chi connectivity index (χ0n) is 30.6. The molecule has 0 saturated heterocycles. The molecule has 0 heterocycles. The lowest BCUT2D eigenvalue weighted by Crippen LogP contribution is -2.19. The van der Waals surface area contributed by atoms with Crippen molar-refractivity contribution >= 4 is 27.8 Å². The summed E-state index contributed by atoms with van der Waals surface area (Å²) in [5.41, 5.74) is 17.2. The Labute approximate surface area is 303 Å². The molecule has 2 aliphatic rings. The van der Waals surface area contributed by atoms with Crippen LogP contribution in [0.1, 0.15) is 70.2 Å². The van der Waals surface area contributed by atoms with Gasteiger partial charge in [0.05, 0.1) is 5.69 Å². The molecule has 0 aromatic heterocycles. The largest absolute Gasteiger partial charge is 0.310 e. The molecule has 0 unspecified atom stereocenters. The van der Waals surface area contributed by atoms with E-state index in [4.69, 9.17) is 0 Å². The van der Waals surface area contributed by atoms with Crippen molar-refractivity contribution in [3.05, 3.63) is 174 Å².